The van der Waals surface area contributed by atoms with Crippen LogP contribution in [0, 0.1) is 5.41 Å². The van der Waals surface area contributed by atoms with Gasteiger partial charge in [-0.25, -0.2) is 0 Å². The number of nitrogens with one attached hydrogen (secondary N) is 1. The van der Waals surface area contributed by atoms with Crippen LogP contribution in [0.25, 0.3) is 0 Å². The molecule has 0 aliphatic heterocycles. The van der Waals surface area contributed by atoms with Gasteiger partial charge in [-0.15, -0.1) is 0 Å². The molecule has 0 aliphatic rings. The van der Waals surface area contributed by atoms with Gasteiger partial charge in [-0.05, 0) is 38.6 Å². The van der Waals surface area contributed by atoms with Gasteiger partial charge in [0, 0.05) is 25.7 Å². The summed E-state index contributed by atoms with van der Waals surface area (Å²) in [7, 11) is 0. The molecule has 2 N–H and O–H groups in total. The summed E-state index contributed by atoms with van der Waals surface area (Å²) in [5, 5.41) is 13.6. The first kappa shape index (κ1) is 18.9. The molecule has 0 saturated carbocycles. The van der Waals surface area contributed by atoms with Crippen molar-refractivity contribution in [1.82, 2.24) is 10.2 Å². The van der Waals surface area contributed by atoms with E-state index in [4.69, 9.17) is 0 Å². The number of nitrogens with zero attached hydrogens (tertiary/aromatic N) is 1. The lowest BCUT2D eigenvalue weighted by molar-refractivity contribution is 0.0196. The van der Waals surface area contributed by atoms with Gasteiger partial charge < -0.3 is 15.3 Å². The molecule has 0 aromatic rings. The summed E-state index contributed by atoms with van der Waals surface area (Å²) in [6.45, 7) is 18.8. The molecule has 0 atom stereocenters. The van der Waals surface area contributed by atoms with E-state index in [0.29, 0.717) is 11.5 Å². The van der Waals surface area contributed by atoms with Crippen LogP contribution in [0.15, 0.2) is 0 Å². The maximum absolute atomic E-state index is 10.0. The Kier molecular flexibility index (Phi) is 8.18. The Morgan fingerprint density at radius 3 is 1.89 bits per heavy atom. The van der Waals surface area contributed by atoms with E-state index in [9.17, 15) is 5.11 Å². The van der Waals surface area contributed by atoms with Crippen LogP contribution >= 0.6 is 0 Å². The van der Waals surface area contributed by atoms with Crippen LogP contribution in [0.4, 0.5) is 0 Å². The Morgan fingerprint density at radius 1 is 1.05 bits per heavy atom. The van der Waals surface area contributed by atoms with Crippen LogP contribution in [0.2, 0.25) is 0 Å². The fourth-order valence-corrected chi connectivity index (χ4v) is 2.50. The largest absolute Gasteiger partial charge is 0.389 e. The first-order valence-electron chi connectivity index (χ1n) is 7.86. The van der Waals surface area contributed by atoms with E-state index < -0.39 is 5.60 Å². The summed E-state index contributed by atoms with van der Waals surface area (Å²) in [4.78, 5) is 2.38. The zero-order valence-electron chi connectivity index (χ0n) is 14.2. The summed E-state index contributed by atoms with van der Waals surface area (Å²) in [6, 6.07) is 0.529. The maximum atomic E-state index is 10.0. The molecule has 0 bridgehead atoms. The van der Waals surface area contributed by atoms with Crippen molar-refractivity contribution in [2.45, 2.75) is 73.0 Å². The van der Waals surface area contributed by atoms with Crippen LogP contribution in [0.1, 0.15) is 61.3 Å². The van der Waals surface area contributed by atoms with E-state index in [1.807, 2.05) is 13.8 Å². The number of rotatable bonds is 10. The minimum absolute atomic E-state index is 0.311. The smallest absolute Gasteiger partial charge is 0.0718 e. The first-order valence-corrected chi connectivity index (χ1v) is 7.86. The number of likely N-dealkylation sites (N-methyl/N-ethyl adjacent to an activating group) is 1. The van der Waals surface area contributed by atoms with Gasteiger partial charge in [0.2, 0.25) is 0 Å². The van der Waals surface area contributed by atoms with Crippen molar-refractivity contribution in [2.75, 3.05) is 26.2 Å². The number of hydrogen-bond donors (Lipinski definition) is 2. The second-order valence-electron chi connectivity index (χ2n) is 6.86. The Morgan fingerprint density at radius 2 is 1.58 bits per heavy atom. The molecule has 0 saturated heterocycles. The summed E-state index contributed by atoms with van der Waals surface area (Å²) in [5.41, 5.74) is -0.305. The maximum Gasteiger partial charge on any atom is 0.0718 e. The molecule has 0 spiro atoms. The lowest BCUT2D eigenvalue weighted by atomic mass is 9.81. The second-order valence-corrected chi connectivity index (χ2v) is 6.86. The standard InChI is InChI=1S/C16H36N2O/c1-8-16(9-2,11-17-14(4)5)13-18(10-3)12-15(6,7)19/h14,17,19H,8-13H2,1-7H3. The molecule has 116 valence electrons. The molecule has 0 rings (SSSR count). The van der Waals surface area contributed by atoms with Crippen molar-refractivity contribution in [2.24, 2.45) is 5.41 Å². The van der Waals surface area contributed by atoms with Gasteiger partial charge >= 0.3 is 0 Å². The molecule has 0 heterocycles. The van der Waals surface area contributed by atoms with Gasteiger partial charge in [-0.2, -0.15) is 0 Å². The van der Waals surface area contributed by atoms with E-state index in [0.717, 1.165) is 26.2 Å². The highest BCUT2D eigenvalue weighted by atomic mass is 16.3. The highest BCUT2D eigenvalue weighted by Gasteiger charge is 2.30. The highest BCUT2D eigenvalue weighted by Crippen LogP contribution is 2.27. The molecule has 19 heavy (non-hydrogen) atoms. The predicted molar refractivity (Wildman–Crippen MR) is 84.6 cm³/mol. The molecule has 0 fully saturated rings. The lowest BCUT2D eigenvalue weighted by Crippen LogP contribution is -2.48. The Bertz CT molecular complexity index is 229. The SMILES string of the molecule is CCN(CC(C)(C)O)CC(CC)(CC)CNC(C)C. The predicted octanol–water partition coefficient (Wildman–Crippen LogP) is 2.88. The topological polar surface area (TPSA) is 35.5 Å². The third-order valence-corrected chi connectivity index (χ3v) is 4.00. The van der Waals surface area contributed by atoms with Crippen molar-refractivity contribution in [3.8, 4) is 0 Å². The zero-order valence-corrected chi connectivity index (χ0v) is 14.2. The third kappa shape index (κ3) is 7.91. The number of hydrogen-bond acceptors (Lipinski definition) is 3. The van der Waals surface area contributed by atoms with Gasteiger partial charge in [0.1, 0.15) is 0 Å². The highest BCUT2D eigenvalue weighted by molar-refractivity contribution is 4.85. The molecule has 3 heteroatoms. The van der Waals surface area contributed by atoms with Gasteiger partial charge in [0.15, 0.2) is 0 Å². The Balaban J connectivity index is 4.68. The molecule has 0 radical (unpaired) electrons. The van der Waals surface area contributed by atoms with Crippen molar-refractivity contribution in [3.63, 3.8) is 0 Å². The van der Waals surface area contributed by atoms with Gasteiger partial charge in [0.05, 0.1) is 5.60 Å². The normalized spacial score (nSPS) is 13.6. The van der Waals surface area contributed by atoms with Crippen molar-refractivity contribution >= 4 is 0 Å². The van der Waals surface area contributed by atoms with Crippen LogP contribution in [-0.4, -0.2) is 47.8 Å². The lowest BCUT2D eigenvalue weighted by Gasteiger charge is -2.39. The third-order valence-electron chi connectivity index (χ3n) is 4.00. The van der Waals surface area contributed by atoms with Gasteiger partial charge in [0.25, 0.3) is 0 Å². The van der Waals surface area contributed by atoms with Crippen LogP contribution in [-0.2, 0) is 0 Å². The Hall–Kier alpha value is -0.120. The van der Waals surface area contributed by atoms with E-state index in [2.05, 4.69) is 44.8 Å². The molecule has 0 unspecified atom stereocenters. The van der Waals surface area contributed by atoms with Crippen LogP contribution < -0.4 is 5.32 Å². The van der Waals surface area contributed by atoms with E-state index in [1.54, 1.807) is 0 Å². The van der Waals surface area contributed by atoms with Gasteiger partial charge in [-0.3, -0.25) is 0 Å². The first-order chi connectivity index (χ1) is 8.68. The van der Waals surface area contributed by atoms with Crippen LogP contribution in [0.5, 0.6) is 0 Å². The second kappa shape index (κ2) is 8.23. The molecule has 0 amide bonds. The summed E-state index contributed by atoms with van der Waals surface area (Å²) >= 11 is 0. The monoisotopic (exact) mass is 272 g/mol. The number of aliphatic hydroxyl groups is 1. The molecule has 0 aliphatic carbocycles. The fraction of sp³-hybridized carbons (Fsp3) is 1.00. The van der Waals surface area contributed by atoms with Crippen molar-refractivity contribution in [3.05, 3.63) is 0 Å². The van der Waals surface area contributed by atoms with Crippen molar-refractivity contribution in [1.29, 1.82) is 0 Å². The van der Waals surface area contributed by atoms with E-state index >= 15 is 0 Å². The average molecular weight is 272 g/mol. The Labute approximate surface area is 120 Å². The average Bonchev–Trinajstić information content (AvgIpc) is 2.31. The summed E-state index contributed by atoms with van der Waals surface area (Å²) in [5.74, 6) is 0. The molecule has 3 nitrogen and oxygen atoms in total. The summed E-state index contributed by atoms with van der Waals surface area (Å²) in [6.07, 6.45) is 2.34. The molecule has 0 aromatic heterocycles. The summed E-state index contributed by atoms with van der Waals surface area (Å²) < 4.78 is 0. The molecular weight excluding hydrogens is 236 g/mol. The van der Waals surface area contributed by atoms with E-state index in [1.165, 1.54) is 12.8 Å². The van der Waals surface area contributed by atoms with Gasteiger partial charge in [-0.1, -0.05) is 34.6 Å². The van der Waals surface area contributed by atoms with Crippen LogP contribution in [0.3, 0.4) is 0 Å². The minimum atomic E-state index is -0.616. The quantitative estimate of drug-likeness (QED) is 0.642. The zero-order chi connectivity index (χ0) is 15.1. The van der Waals surface area contributed by atoms with E-state index in [-0.39, 0.29) is 0 Å². The minimum Gasteiger partial charge on any atom is -0.389 e. The molecule has 0 aromatic carbocycles. The molecular formula is C16H36N2O. The fourth-order valence-electron chi connectivity index (χ4n) is 2.50. The van der Waals surface area contributed by atoms with Crippen molar-refractivity contribution < 1.29 is 5.11 Å².